The molecule has 1 unspecified atom stereocenters. The molecule has 1 atom stereocenters. The van der Waals surface area contributed by atoms with Crippen molar-refractivity contribution in [2.24, 2.45) is 5.41 Å². The van der Waals surface area contributed by atoms with E-state index in [1.165, 1.54) is 0 Å². The van der Waals surface area contributed by atoms with Gasteiger partial charge in [0.2, 0.25) is 17.8 Å². The van der Waals surface area contributed by atoms with Gasteiger partial charge in [0.1, 0.15) is 24.1 Å². The number of imide groups is 2. The van der Waals surface area contributed by atoms with E-state index in [1.807, 2.05) is 30.3 Å². The first kappa shape index (κ1) is 35.2. The van der Waals surface area contributed by atoms with Crippen molar-refractivity contribution in [1.29, 1.82) is 0 Å². The van der Waals surface area contributed by atoms with Gasteiger partial charge in [0.05, 0.1) is 42.1 Å². The number of piperidine rings is 1. The lowest BCUT2D eigenvalue weighted by Crippen LogP contribution is -2.66. The van der Waals surface area contributed by atoms with Crippen molar-refractivity contribution in [3.8, 4) is 11.5 Å². The minimum absolute atomic E-state index is 0.0803. The van der Waals surface area contributed by atoms with E-state index in [4.69, 9.17) is 19.2 Å². The minimum Gasteiger partial charge on any atom is -0.494 e. The molecule has 3 fully saturated rings. The van der Waals surface area contributed by atoms with Crippen LogP contribution in [0, 0.1) is 5.41 Å². The van der Waals surface area contributed by atoms with Gasteiger partial charge >= 0.3 is 0 Å². The number of benzene rings is 3. The Balaban J connectivity index is 0.785. The van der Waals surface area contributed by atoms with Crippen LogP contribution >= 0.6 is 0 Å². The van der Waals surface area contributed by atoms with Gasteiger partial charge in [-0.2, -0.15) is 0 Å². The molecule has 4 amide bonds. The molecular weight excluding hydrogens is 688 g/mol. The van der Waals surface area contributed by atoms with E-state index in [0.29, 0.717) is 37.3 Å². The molecule has 0 aliphatic carbocycles. The number of carbonyl (C=O) groups is 4. The zero-order valence-electron chi connectivity index (χ0n) is 30.3. The molecule has 4 aliphatic rings. The molecule has 13 nitrogen and oxygen atoms in total. The number of rotatable bonds is 13. The lowest BCUT2D eigenvalue weighted by Gasteiger charge is -2.54. The Morgan fingerprint density at radius 3 is 2.24 bits per heavy atom. The number of hydrogen-bond donors (Lipinski definition) is 2. The van der Waals surface area contributed by atoms with Gasteiger partial charge in [0.15, 0.2) is 0 Å². The normalized spacial score (nSPS) is 18.9. The molecule has 3 saturated heterocycles. The number of carbonyl (C=O) groups excluding carboxylic acids is 4. The summed E-state index contributed by atoms with van der Waals surface area (Å²) < 4.78 is 17.5. The number of fused-ring (bicyclic) bond motifs is 1. The molecule has 54 heavy (non-hydrogen) atoms. The largest absolute Gasteiger partial charge is 0.494 e. The first-order valence-electron chi connectivity index (χ1n) is 18.3. The van der Waals surface area contributed by atoms with Crippen LogP contribution in [0.5, 0.6) is 11.5 Å². The average Bonchev–Trinajstić information content (AvgIpc) is 3.38. The van der Waals surface area contributed by atoms with Gasteiger partial charge in [-0.05, 0) is 72.5 Å². The topological polar surface area (TPSA) is 152 Å². The second-order valence-electron chi connectivity index (χ2n) is 15.0. The van der Waals surface area contributed by atoms with Gasteiger partial charge in [0.25, 0.3) is 11.8 Å². The summed E-state index contributed by atoms with van der Waals surface area (Å²) in [4.78, 5) is 62.2. The summed E-state index contributed by atoms with van der Waals surface area (Å²) in [5.74, 6) is 0.211. The van der Waals surface area contributed by atoms with Crippen LogP contribution in [0.25, 0.3) is 0 Å². The van der Waals surface area contributed by atoms with E-state index in [1.54, 1.807) is 24.4 Å². The summed E-state index contributed by atoms with van der Waals surface area (Å²) in [5.41, 5.74) is 4.39. The molecule has 3 aromatic carbocycles. The number of anilines is 2. The van der Waals surface area contributed by atoms with Crippen LogP contribution in [0.4, 0.5) is 11.6 Å². The van der Waals surface area contributed by atoms with Crippen molar-refractivity contribution in [2.45, 2.75) is 51.2 Å². The Bertz CT molecular complexity index is 2090. The molecule has 278 valence electrons. The number of nitrogens with zero attached hydrogens (tertiary/aromatic N) is 4. The fourth-order valence-electron chi connectivity index (χ4n) is 7.43. The molecule has 0 bridgehead atoms. The third kappa shape index (κ3) is 6.86. The highest BCUT2D eigenvalue weighted by Crippen LogP contribution is 2.39. The van der Waals surface area contributed by atoms with Crippen molar-refractivity contribution < 1.29 is 33.4 Å². The van der Waals surface area contributed by atoms with Crippen LogP contribution in [0.3, 0.4) is 0 Å². The first-order valence-corrected chi connectivity index (χ1v) is 18.3. The van der Waals surface area contributed by atoms with Gasteiger partial charge in [-0.1, -0.05) is 38.1 Å². The molecule has 2 N–H and O–H groups in total. The van der Waals surface area contributed by atoms with E-state index >= 15 is 0 Å². The molecule has 4 aliphatic heterocycles. The molecule has 5 heterocycles. The maximum atomic E-state index is 13.1. The Morgan fingerprint density at radius 2 is 1.57 bits per heavy atom. The zero-order valence-corrected chi connectivity index (χ0v) is 30.3. The Kier molecular flexibility index (Phi) is 9.26. The average molecular weight is 731 g/mol. The highest BCUT2D eigenvalue weighted by atomic mass is 16.5. The van der Waals surface area contributed by atoms with Crippen molar-refractivity contribution in [1.82, 2.24) is 20.2 Å². The number of hydrogen-bond acceptors (Lipinski definition) is 11. The lowest BCUT2D eigenvalue weighted by atomic mass is 9.78. The van der Waals surface area contributed by atoms with Crippen LogP contribution in [0.2, 0.25) is 0 Å². The van der Waals surface area contributed by atoms with Gasteiger partial charge in [-0.25, -0.2) is 9.97 Å². The van der Waals surface area contributed by atoms with Crippen LogP contribution in [0.1, 0.15) is 70.6 Å². The zero-order chi connectivity index (χ0) is 37.5. The molecule has 13 heteroatoms. The van der Waals surface area contributed by atoms with Crippen molar-refractivity contribution in [3.63, 3.8) is 0 Å². The van der Waals surface area contributed by atoms with Crippen molar-refractivity contribution >= 4 is 35.3 Å². The van der Waals surface area contributed by atoms with E-state index in [-0.39, 0.29) is 29.4 Å². The van der Waals surface area contributed by atoms with E-state index in [2.05, 4.69) is 58.6 Å². The smallest absolute Gasteiger partial charge is 0.262 e. The van der Waals surface area contributed by atoms with E-state index < -0.39 is 29.7 Å². The maximum absolute atomic E-state index is 13.1. The predicted octanol–water partition coefficient (Wildman–Crippen LogP) is 4.50. The molecule has 4 aromatic rings. The Labute approximate surface area is 313 Å². The van der Waals surface area contributed by atoms with E-state index in [0.717, 1.165) is 65.5 Å². The van der Waals surface area contributed by atoms with Crippen molar-refractivity contribution in [2.75, 3.05) is 49.7 Å². The number of nitrogens with one attached hydrogen (secondary N) is 2. The predicted molar refractivity (Wildman–Crippen MR) is 199 cm³/mol. The second-order valence-corrected chi connectivity index (χ2v) is 15.0. The van der Waals surface area contributed by atoms with Crippen LogP contribution < -0.4 is 25.0 Å². The van der Waals surface area contributed by atoms with Crippen LogP contribution in [0.15, 0.2) is 79.0 Å². The summed E-state index contributed by atoms with van der Waals surface area (Å²) in [6.45, 7) is 9.34. The minimum atomic E-state index is -0.988. The van der Waals surface area contributed by atoms with Crippen molar-refractivity contribution in [3.05, 3.63) is 107 Å². The number of aromatic nitrogens is 2. The van der Waals surface area contributed by atoms with Gasteiger partial charge < -0.3 is 24.4 Å². The monoisotopic (exact) mass is 730 g/mol. The number of amides is 4. The molecule has 1 spiro atoms. The maximum Gasteiger partial charge on any atom is 0.262 e. The Morgan fingerprint density at radius 1 is 0.889 bits per heavy atom. The SMILES string of the molecule is CC(C)(c1ccc(OCCCNc2ccc3c(c2)C(=O)N(C2CCC(=O)NC2=O)C3=O)cc1)c1ccc(OCc2ccnc(N3CC4(COC4)C3)n2)cc1. The fourth-order valence-corrected chi connectivity index (χ4v) is 7.43. The van der Waals surface area contributed by atoms with Gasteiger partial charge in [-0.15, -0.1) is 0 Å². The summed E-state index contributed by atoms with van der Waals surface area (Å²) in [5, 5.41) is 5.50. The quantitative estimate of drug-likeness (QED) is 0.148. The summed E-state index contributed by atoms with van der Waals surface area (Å²) in [7, 11) is 0. The third-order valence-electron chi connectivity index (χ3n) is 10.7. The fraction of sp³-hybridized carbons (Fsp3) is 0.366. The van der Waals surface area contributed by atoms with Crippen LogP contribution in [-0.2, 0) is 26.3 Å². The van der Waals surface area contributed by atoms with Gasteiger partial charge in [-0.3, -0.25) is 29.4 Å². The molecular formula is C41H42N6O7. The summed E-state index contributed by atoms with van der Waals surface area (Å²) in [6.07, 6.45) is 2.69. The van der Waals surface area contributed by atoms with Gasteiger partial charge in [0, 0.05) is 43.4 Å². The van der Waals surface area contributed by atoms with E-state index in [9.17, 15) is 19.2 Å². The summed E-state index contributed by atoms with van der Waals surface area (Å²) >= 11 is 0. The molecule has 0 saturated carbocycles. The van der Waals surface area contributed by atoms with Crippen LogP contribution in [-0.4, -0.2) is 84.0 Å². The molecule has 8 rings (SSSR count). The Hall–Kier alpha value is -5.82. The standard InChI is InChI=1S/C41H42N6O7/c1-40(2,27-6-11-31(12-7-27)54-21-29-16-18-43-39(44-29)46-22-41(23-46)24-52-25-41)26-4-9-30(10-5-26)53-19-3-17-42-28-8-13-32-33(20-28)38(51)47(37(32)50)34-14-15-35(48)45-36(34)49/h4-13,16,18,20,34,42H,3,14-15,17,19,21-25H2,1-2H3,(H,45,48,49). The highest BCUT2D eigenvalue weighted by Gasteiger charge is 2.50. The number of ether oxygens (including phenoxy) is 3. The highest BCUT2D eigenvalue weighted by molar-refractivity contribution is 6.23. The molecule has 0 radical (unpaired) electrons. The lowest BCUT2D eigenvalue weighted by molar-refractivity contribution is -0.136. The first-order chi connectivity index (χ1) is 26.1. The summed E-state index contributed by atoms with van der Waals surface area (Å²) in [6, 6.07) is 22.2. The third-order valence-corrected chi connectivity index (χ3v) is 10.7. The molecule has 1 aromatic heterocycles. The second kappa shape index (κ2) is 14.2.